The molecule has 0 aliphatic heterocycles. The number of phenolic OH excluding ortho intramolecular Hbond substituents is 1. The maximum atomic E-state index is 11.2. The van der Waals surface area contributed by atoms with E-state index in [0.29, 0.717) is 19.3 Å². The van der Waals surface area contributed by atoms with E-state index >= 15 is 0 Å². The van der Waals surface area contributed by atoms with Crippen LogP contribution in [-0.2, 0) is 11.2 Å². The molecule has 0 aliphatic carbocycles. The second kappa shape index (κ2) is 5.87. The highest BCUT2D eigenvalue weighted by Gasteiger charge is 2.24. The number of benzene rings is 1. The van der Waals surface area contributed by atoms with Gasteiger partial charge in [0, 0.05) is 5.54 Å². The number of carbonyl (C=O) groups is 1. The van der Waals surface area contributed by atoms with E-state index in [4.69, 9.17) is 15.9 Å². The summed E-state index contributed by atoms with van der Waals surface area (Å²) in [6.45, 7) is 3.67. The molecule has 0 heterocycles. The van der Waals surface area contributed by atoms with E-state index in [-0.39, 0.29) is 5.75 Å². The van der Waals surface area contributed by atoms with E-state index in [1.54, 1.807) is 12.1 Å². The summed E-state index contributed by atoms with van der Waals surface area (Å²) in [5, 5.41) is 18.3. The zero-order valence-electron chi connectivity index (χ0n) is 10.9. The van der Waals surface area contributed by atoms with Crippen molar-refractivity contribution in [1.29, 1.82) is 0 Å². The minimum absolute atomic E-state index is 0.219. The van der Waals surface area contributed by atoms with Crippen molar-refractivity contribution in [2.45, 2.75) is 38.6 Å². The minimum Gasteiger partial charge on any atom is -0.508 e. The van der Waals surface area contributed by atoms with Crippen molar-refractivity contribution in [2.75, 3.05) is 0 Å². The van der Waals surface area contributed by atoms with Crippen LogP contribution in [0.2, 0.25) is 0 Å². The van der Waals surface area contributed by atoms with E-state index in [0.717, 1.165) is 5.56 Å². The van der Waals surface area contributed by atoms with Crippen molar-refractivity contribution in [3.8, 4) is 5.75 Å². The van der Waals surface area contributed by atoms with Crippen molar-refractivity contribution in [3.05, 3.63) is 29.8 Å². The molecular formula is C14H21NO3. The van der Waals surface area contributed by atoms with E-state index < -0.39 is 17.4 Å². The second-order valence-corrected chi connectivity index (χ2v) is 5.43. The van der Waals surface area contributed by atoms with E-state index in [1.807, 2.05) is 26.0 Å². The third-order valence-corrected chi connectivity index (χ3v) is 2.84. The molecule has 1 aromatic rings. The number of aryl methyl sites for hydroxylation is 1. The van der Waals surface area contributed by atoms with Crippen LogP contribution in [0, 0.1) is 5.92 Å². The highest BCUT2D eigenvalue weighted by Crippen LogP contribution is 2.20. The zero-order valence-corrected chi connectivity index (χ0v) is 10.9. The summed E-state index contributed by atoms with van der Waals surface area (Å²) in [5.74, 6) is -1.01. The first-order chi connectivity index (χ1) is 8.28. The van der Waals surface area contributed by atoms with Crippen molar-refractivity contribution >= 4 is 5.97 Å². The van der Waals surface area contributed by atoms with Gasteiger partial charge in [0.1, 0.15) is 5.75 Å². The van der Waals surface area contributed by atoms with Gasteiger partial charge in [0.15, 0.2) is 0 Å². The average molecular weight is 251 g/mol. The molecule has 1 aromatic carbocycles. The molecular weight excluding hydrogens is 230 g/mol. The molecule has 0 radical (unpaired) electrons. The third kappa shape index (κ3) is 5.19. The van der Waals surface area contributed by atoms with E-state index in [2.05, 4.69) is 0 Å². The highest BCUT2D eigenvalue weighted by molar-refractivity contribution is 5.70. The lowest BCUT2D eigenvalue weighted by molar-refractivity contribution is -0.142. The largest absolute Gasteiger partial charge is 0.508 e. The molecule has 18 heavy (non-hydrogen) atoms. The summed E-state index contributed by atoms with van der Waals surface area (Å²) in [5.41, 5.74) is 6.41. The number of carboxylic acids is 1. The van der Waals surface area contributed by atoms with Gasteiger partial charge in [-0.3, -0.25) is 4.79 Å². The number of aliphatic carboxylic acids is 1. The predicted octanol–water partition coefficient (Wildman–Crippen LogP) is 2.15. The van der Waals surface area contributed by atoms with Gasteiger partial charge in [0.25, 0.3) is 0 Å². The average Bonchev–Trinajstić information content (AvgIpc) is 2.24. The van der Waals surface area contributed by atoms with Crippen molar-refractivity contribution in [2.24, 2.45) is 11.7 Å². The van der Waals surface area contributed by atoms with Crippen LogP contribution in [0.15, 0.2) is 24.3 Å². The molecule has 1 unspecified atom stereocenters. The standard InChI is InChI=1S/C14H21NO3/c1-14(2,15)9-11(13(17)18)6-3-10-4-7-12(16)8-5-10/h4-5,7-8,11,16H,3,6,9,15H2,1-2H3,(H,17,18). The summed E-state index contributed by atoms with van der Waals surface area (Å²) in [4.78, 5) is 11.2. The third-order valence-electron chi connectivity index (χ3n) is 2.84. The number of rotatable bonds is 6. The topological polar surface area (TPSA) is 83.5 Å². The Morgan fingerprint density at radius 2 is 1.89 bits per heavy atom. The van der Waals surface area contributed by atoms with Crippen molar-refractivity contribution in [3.63, 3.8) is 0 Å². The zero-order chi connectivity index (χ0) is 13.8. The summed E-state index contributed by atoms with van der Waals surface area (Å²) in [7, 11) is 0. The SMILES string of the molecule is CC(C)(N)CC(CCc1ccc(O)cc1)C(=O)O. The molecule has 0 saturated heterocycles. The summed E-state index contributed by atoms with van der Waals surface area (Å²) < 4.78 is 0. The lowest BCUT2D eigenvalue weighted by atomic mass is 9.87. The van der Waals surface area contributed by atoms with E-state index in [9.17, 15) is 4.79 Å². The Morgan fingerprint density at radius 3 is 2.33 bits per heavy atom. The number of carboxylic acid groups (broad SMARTS) is 1. The molecule has 0 saturated carbocycles. The van der Waals surface area contributed by atoms with Gasteiger partial charge >= 0.3 is 5.97 Å². The molecule has 0 bridgehead atoms. The number of phenols is 1. The fourth-order valence-corrected chi connectivity index (χ4v) is 1.95. The molecule has 0 amide bonds. The molecule has 4 heteroatoms. The lowest BCUT2D eigenvalue weighted by Gasteiger charge is -2.23. The molecule has 0 spiro atoms. The van der Waals surface area contributed by atoms with Crippen LogP contribution in [-0.4, -0.2) is 21.7 Å². The van der Waals surface area contributed by atoms with E-state index in [1.165, 1.54) is 0 Å². The Balaban J connectivity index is 2.57. The van der Waals surface area contributed by atoms with Gasteiger partial charge in [-0.15, -0.1) is 0 Å². The quantitative estimate of drug-likeness (QED) is 0.723. The smallest absolute Gasteiger partial charge is 0.306 e. The number of nitrogens with two attached hydrogens (primary N) is 1. The monoisotopic (exact) mass is 251 g/mol. The van der Waals surface area contributed by atoms with Gasteiger partial charge < -0.3 is 15.9 Å². The van der Waals surface area contributed by atoms with Gasteiger partial charge in [-0.25, -0.2) is 0 Å². The Labute approximate surface area is 107 Å². The summed E-state index contributed by atoms with van der Waals surface area (Å²) >= 11 is 0. The lowest BCUT2D eigenvalue weighted by Crippen LogP contribution is -2.36. The normalized spacial score (nSPS) is 13.3. The fraction of sp³-hybridized carbons (Fsp3) is 0.500. The molecule has 1 rings (SSSR count). The highest BCUT2D eigenvalue weighted by atomic mass is 16.4. The Morgan fingerprint density at radius 1 is 1.33 bits per heavy atom. The summed E-state index contributed by atoms with van der Waals surface area (Å²) in [6, 6.07) is 6.83. The van der Waals surface area contributed by atoms with Gasteiger partial charge in [0.05, 0.1) is 5.92 Å². The molecule has 100 valence electrons. The van der Waals surface area contributed by atoms with Crippen LogP contribution in [0.5, 0.6) is 5.75 Å². The first-order valence-electron chi connectivity index (χ1n) is 6.07. The number of hydrogen-bond donors (Lipinski definition) is 3. The molecule has 0 aliphatic rings. The maximum Gasteiger partial charge on any atom is 0.306 e. The van der Waals surface area contributed by atoms with Crippen LogP contribution < -0.4 is 5.73 Å². The molecule has 1 atom stereocenters. The van der Waals surface area contributed by atoms with Crippen LogP contribution in [0.3, 0.4) is 0 Å². The van der Waals surface area contributed by atoms with Crippen LogP contribution in [0.4, 0.5) is 0 Å². The molecule has 0 aromatic heterocycles. The predicted molar refractivity (Wildman–Crippen MR) is 70.4 cm³/mol. The Hall–Kier alpha value is -1.55. The van der Waals surface area contributed by atoms with Crippen LogP contribution in [0.1, 0.15) is 32.3 Å². The van der Waals surface area contributed by atoms with Gasteiger partial charge in [0.2, 0.25) is 0 Å². The molecule has 0 fully saturated rings. The van der Waals surface area contributed by atoms with Gasteiger partial charge in [-0.1, -0.05) is 12.1 Å². The van der Waals surface area contributed by atoms with Crippen LogP contribution in [0.25, 0.3) is 0 Å². The van der Waals surface area contributed by atoms with Crippen LogP contribution >= 0.6 is 0 Å². The van der Waals surface area contributed by atoms with Crippen molar-refractivity contribution in [1.82, 2.24) is 0 Å². The molecule has 4 N–H and O–H groups in total. The maximum absolute atomic E-state index is 11.2. The number of hydrogen-bond acceptors (Lipinski definition) is 3. The summed E-state index contributed by atoms with van der Waals surface area (Å²) in [6.07, 6.45) is 1.69. The van der Waals surface area contributed by atoms with Crippen molar-refractivity contribution < 1.29 is 15.0 Å². The number of aromatic hydroxyl groups is 1. The fourth-order valence-electron chi connectivity index (χ4n) is 1.95. The Bertz CT molecular complexity index is 392. The van der Waals surface area contributed by atoms with Gasteiger partial charge in [-0.2, -0.15) is 0 Å². The first kappa shape index (κ1) is 14.5. The molecule has 4 nitrogen and oxygen atoms in total. The minimum atomic E-state index is -0.799. The Kier molecular flexibility index (Phi) is 4.73. The first-order valence-corrected chi connectivity index (χ1v) is 6.07. The van der Waals surface area contributed by atoms with Gasteiger partial charge in [-0.05, 0) is 50.8 Å². The second-order valence-electron chi connectivity index (χ2n) is 5.43.